The molecule has 3 N–H and O–H groups in total. The molecule has 7 nitrogen and oxygen atoms in total. The summed E-state index contributed by atoms with van der Waals surface area (Å²) in [5, 5.41) is 22.9. The molecule has 0 spiro atoms. The molecule has 2 rings (SSSR count). The van der Waals surface area contributed by atoms with Crippen LogP contribution in [0.5, 0.6) is 0 Å². The summed E-state index contributed by atoms with van der Waals surface area (Å²) in [4.78, 5) is 27.7. The van der Waals surface area contributed by atoms with Crippen LogP contribution in [-0.4, -0.2) is 50.8 Å². The second-order valence-electron chi connectivity index (χ2n) is 3.66. The monoisotopic (exact) mass is 257 g/mol. The molecule has 1 saturated heterocycles. The van der Waals surface area contributed by atoms with Gasteiger partial charge in [0.05, 0.1) is 6.10 Å². The Balaban J connectivity index is 2.05. The van der Waals surface area contributed by atoms with E-state index in [1.165, 1.54) is 17.5 Å². The second kappa shape index (κ2) is 4.68. The van der Waals surface area contributed by atoms with Crippen LogP contribution >= 0.6 is 11.3 Å². The van der Waals surface area contributed by atoms with Gasteiger partial charge in [-0.1, -0.05) is 0 Å². The average molecular weight is 257 g/mol. The average Bonchev–Trinajstić information content (AvgIpc) is 2.86. The topological polar surface area (TPSA) is 103 Å². The number of carboxylic acid groups (broad SMARTS) is 1. The van der Waals surface area contributed by atoms with Crippen molar-refractivity contribution >= 4 is 28.5 Å². The standard InChI is InChI=1S/C9H11N3O4S/c13-5-3-6(7(14)15)12(4-5)9(16)11-8-10-1-2-17-8/h1-2,5-6,13H,3-4H2,(H,14,15)(H,10,11,16)/t5-,6-/m0/s1. The van der Waals surface area contributed by atoms with E-state index in [-0.39, 0.29) is 13.0 Å². The number of carbonyl (C=O) groups is 2. The number of β-amino-alcohol motifs (C(OH)–C–C–N with tert-alkyl or cyclic N) is 1. The minimum atomic E-state index is -1.11. The van der Waals surface area contributed by atoms with Gasteiger partial charge in [0.1, 0.15) is 6.04 Å². The summed E-state index contributed by atoms with van der Waals surface area (Å²) >= 11 is 1.24. The van der Waals surface area contributed by atoms with E-state index in [2.05, 4.69) is 10.3 Å². The minimum Gasteiger partial charge on any atom is -0.480 e. The van der Waals surface area contributed by atoms with Crippen LogP contribution in [0, 0.1) is 0 Å². The number of likely N-dealkylation sites (tertiary alicyclic amines) is 1. The molecular weight excluding hydrogens is 246 g/mol. The smallest absolute Gasteiger partial charge is 0.326 e. The van der Waals surface area contributed by atoms with Crippen molar-refractivity contribution in [3.05, 3.63) is 11.6 Å². The Kier molecular flexibility index (Phi) is 3.25. The predicted molar refractivity (Wildman–Crippen MR) is 59.9 cm³/mol. The molecule has 1 aliphatic rings. The third-order valence-electron chi connectivity index (χ3n) is 2.47. The van der Waals surface area contributed by atoms with Crippen molar-refractivity contribution in [3.63, 3.8) is 0 Å². The Bertz CT molecular complexity index is 422. The third-order valence-corrected chi connectivity index (χ3v) is 3.16. The Morgan fingerprint density at radius 2 is 2.35 bits per heavy atom. The summed E-state index contributed by atoms with van der Waals surface area (Å²) in [5.74, 6) is -1.11. The number of hydrogen-bond donors (Lipinski definition) is 3. The van der Waals surface area contributed by atoms with Crippen LogP contribution in [0.2, 0.25) is 0 Å². The van der Waals surface area contributed by atoms with Crippen LogP contribution in [0.4, 0.5) is 9.93 Å². The maximum atomic E-state index is 11.8. The second-order valence-corrected chi connectivity index (χ2v) is 4.56. The number of aliphatic hydroxyl groups excluding tert-OH is 1. The normalized spacial score (nSPS) is 23.7. The van der Waals surface area contributed by atoms with Gasteiger partial charge in [0.2, 0.25) is 0 Å². The molecule has 1 aromatic rings. The first-order valence-electron chi connectivity index (χ1n) is 4.96. The number of anilines is 1. The summed E-state index contributed by atoms with van der Waals surface area (Å²) in [6, 6.07) is -1.53. The Labute approximate surface area is 101 Å². The van der Waals surface area contributed by atoms with E-state index in [1.807, 2.05) is 0 Å². The number of carboxylic acids is 1. The summed E-state index contributed by atoms with van der Waals surface area (Å²) in [5.41, 5.74) is 0. The van der Waals surface area contributed by atoms with E-state index >= 15 is 0 Å². The van der Waals surface area contributed by atoms with E-state index in [4.69, 9.17) is 5.11 Å². The molecule has 8 heteroatoms. The molecule has 0 radical (unpaired) electrons. The van der Waals surface area contributed by atoms with Crippen molar-refractivity contribution in [2.24, 2.45) is 0 Å². The summed E-state index contributed by atoms with van der Waals surface area (Å²) in [6.45, 7) is 0.0220. The molecular formula is C9H11N3O4S. The van der Waals surface area contributed by atoms with E-state index in [9.17, 15) is 14.7 Å². The van der Waals surface area contributed by atoms with Gasteiger partial charge >= 0.3 is 12.0 Å². The molecule has 0 aliphatic carbocycles. The minimum absolute atomic E-state index is 0.0220. The van der Waals surface area contributed by atoms with Crippen LogP contribution in [-0.2, 0) is 4.79 Å². The van der Waals surface area contributed by atoms with E-state index in [1.54, 1.807) is 5.38 Å². The molecule has 0 saturated carbocycles. The highest BCUT2D eigenvalue weighted by atomic mass is 32.1. The van der Waals surface area contributed by atoms with Gasteiger partial charge in [0.25, 0.3) is 0 Å². The predicted octanol–water partition coefficient (Wildman–Crippen LogP) is 0.195. The van der Waals surface area contributed by atoms with Gasteiger partial charge < -0.3 is 15.1 Å². The fourth-order valence-corrected chi connectivity index (χ4v) is 2.24. The van der Waals surface area contributed by atoms with E-state index in [0.29, 0.717) is 5.13 Å². The maximum absolute atomic E-state index is 11.8. The van der Waals surface area contributed by atoms with E-state index < -0.39 is 24.1 Å². The number of aliphatic carboxylic acids is 1. The Morgan fingerprint density at radius 3 is 2.94 bits per heavy atom. The molecule has 0 aromatic carbocycles. The van der Waals surface area contributed by atoms with Crippen LogP contribution in [0.1, 0.15) is 6.42 Å². The number of rotatable bonds is 2. The molecule has 92 valence electrons. The van der Waals surface area contributed by atoms with Crippen molar-refractivity contribution in [2.75, 3.05) is 11.9 Å². The first kappa shape index (κ1) is 11.8. The number of carbonyl (C=O) groups excluding carboxylic acids is 1. The van der Waals surface area contributed by atoms with Crippen LogP contribution in [0.3, 0.4) is 0 Å². The fourth-order valence-electron chi connectivity index (χ4n) is 1.72. The summed E-state index contributed by atoms with van der Waals surface area (Å²) in [7, 11) is 0. The zero-order valence-corrected chi connectivity index (χ0v) is 9.55. The lowest BCUT2D eigenvalue weighted by Gasteiger charge is -2.20. The summed E-state index contributed by atoms with van der Waals surface area (Å²) < 4.78 is 0. The Hall–Kier alpha value is -1.67. The van der Waals surface area contributed by atoms with Gasteiger partial charge in [0, 0.05) is 24.5 Å². The molecule has 17 heavy (non-hydrogen) atoms. The first-order valence-corrected chi connectivity index (χ1v) is 5.84. The quantitative estimate of drug-likeness (QED) is 0.702. The number of thiazole rings is 1. The van der Waals surface area contributed by atoms with Gasteiger partial charge in [-0.3, -0.25) is 5.32 Å². The van der Waals surface area contributed by atoms with Crippen molar-refractivity contribution in [1.82, 2.24) is 9.88 Å². The molecule has 2 atom stereocenters. The number of urea groups is 1. The van der Waals surface area contributed by atoms with Gasteiger partial charge in [-0.25, -0.2) is 14.6 Å². The molecule has 0 unspecified atom stereocenters. The van der Waals surface area contributed by atoms with Gasteiger partial charge in [-0.15, -0.1) is 11.3 Å². The first-order chi connectivity index (χ1) is 8.08. The van der Waals surface area contributed by atoms with Gasteiger partial charge in [0.15, 0.2) is 5.13 Å². The highest BCUT2D eigenvalue weighted by Crippen LogP contribution is 2.20. The number of aromatic nitrogens is 1. The number of hydrogen-bond acceptors (Lipinski definition) is 5. The molecule has 2 heterocycles. The molecule has 1 aromatic heterocycles. The summed E-state index contributed by atoms with van der Waals surface area (Å²) in [6.07, 6.45) is 0.798. The van der Waals surface area contributed by atoms with Crippen molar-refractivity contribution < 1.29 is 19.8 Å². The van der Waals surface area contributed by atoms with Crippen LogP contribution in [0.15, 0.2) is 11.6 Å². The number of amides is 2. The van der Waals surface area contributed by atoms with Gasteiger partial charge in [-0.05, 0) is 0 Å². The molecule has 1 fully saturated rings. The highest BCUT2D eigenvalue weighted by molar-refractivity contribution is 7.13. The van der Waals surface area contributed by atoms with Gasteiger partial charge in [-0.2, -0.15) is 0 Å². The number of nitrogens with one attached hydrogen (secondary N) is 1. The van der Waals surface area contributed by atoms with Crippen molar-refractivity contribution in [3.8, 4) is 0 Å². The van der Waals surface area contributed by atoms with Crippen molar-refractivity contribution in [2.45, 2.75) is 18.6 Å². The SMILES string of the molecule is O=C(O)[C@@H]1C[C@H](O)CN1C(=O)Nc1nccs1. The van der Waals surface area contributed by atoms with E-state index in [0.717, 1.165) is 4.90 Å². The van der Waals surface area contributed by atoms with Crippen molar-refractivity contribution in [1.29, 1.82) is 0 Å². The largest absolute Gasteiger partial charge is 0.480 e. The highest BCUT2D eigenvalue weighted by Gasteiger charge is 2.39. The number of aliphatic hydroxyl groups is 1. The Morgan fingerprint density at radius 1 is 1.59 bits per heavy atom. The molecule has 0 bridgehead atoms. The van der Waals surface area contributed by atoms with Crippen LogP contribution < -0.4 is 5.32 Å². The zero-order valence-electron chi connectivity index (χ0n) is 8.74. The lowest BCUT2D eigenvalue weighted by molar-refractivity contribution is -0.141. The zero-order chi connectivity index (χ0) is 12.4. The number of nitrogens with zero attached hydrogens (tertiary/aromatic N) is 2. The maximum Gasteiger partial charge on any atom is 0.326 e. The third kappa shape index (κ3) is 2.53. The fraction of sp³-hybridized carbons (Fsp3) is 0.444. The molecule has 2 amide bonds. The lowest BCUT2D eigenvalue weighted by Crippen LogP contribution is -2.43. The lowest BCUT2D eigenvalue weighted by atomic mass is 10.2. The molecule has 1 aliphatic heterocycles. The van der Waals surface area contributed by atoms with Crippen LogP contribution in [0.25, 0.3) is 0 Å².